The Morgan fingerprint density at radius 2 is 1.00 bits per heavy atom. The number of allylic oxidation sites excluding steroid dienone is 2. The van der Waals surface area contributed by atoms with Gasteiger partial charge in [-0.3, -0.25) is 0 Å². The Morgan fingerprint density at radius 1 is 0.587 bits per heavy atom. The monoisotopic (exact) mass is 686 g/mol. The van der Waals surface area contributed by atoms with Crippen LogP contribution in [0.15, 0.2) is 96.1 Å². The molecule has 0 radical (unpaired) electrons. The van der Waals surface area contributed by atoms with Crippen molar-refractivity contribution < 1.29 is 50.9 Å². The molecule has 2 atom stereocenters. The van der Waals surface area contributed by atoms with Crippen molar-refractivity contribution in [2.75, 3.05) is 14.2 Å². The van der Waals surface area contributed by atoms with Crippen molar-refractivity contribution >= 4 is 12.2 Å². The minimum atomic E-state index is -2.55. The van der Waals surface area contributed by atoms with E-state index < -0.39 is 16.6 Å². The molecule has 5 heteroatoms. The van der Waals surface area contributed by atoms with Gasteiger partial charge in [0.05, 0.1) is 0 Å². The standard InChI is InChI=1S/2C19H19O.C3H6.2ClH.Ti/c2*1-3-5-14-12-16-6-4-7-18(19(16)13-14)15-8-10-17(20-2)11-9-15;1-3-2;;;/h2*4,6-13H,3,5H2,1-2H3;1-3H2;2*1H;/q;;;;;+2/p-2. The van der Waals surface area contributed by atoms with E-state index in [0.717, 1.165) is 11.5 Å². The Balaban J connectivity index is 0.00000208. The normalized spacial score (nSPS) is 17.9. The third-order valence-corrected chi connectivity index (χ3v) is 20.3. The number of hydrogen-bond donors (Lipinski definition) is 0. The van der Waals surface area contributed by atoms with Crippen molar-refractivity contribution in [2.45, 2.75) is 63.8 Å². The predicted molar refractivity (Wildman–Crippen MR) is 182 cm³/mol. The number of fused-ring (bicyclic) bond motifs is 2. The van der Waals surface area contributed by atoms with Gasteiger partial charge in [0.15, 0.2) is 0 Å². The van der Waals surface area contributed by atoms with Gasteiger partial charge in [0.25, 0.3) is 0 Å². The van der Waals surface area contributed by atoms with E-state index in [0.29, 0.717) is 8.45 Å². The SMILES string of the molecule is CCCC1=Cc2c(-c3ccc(OC)cc3)cccc2[CH]1[Ti+2]1([CH]2C(CCC)=Cc3c(-c4ccc(OC)cc4)cccc32)[CH2]C[CH2]1.[Cl-].[Cl-]. The summed E-state index contributed by atoms with van der Waals surface area (Å²) in [4.78, 5) is 0. The average molecular weight is 688 g/mol. The van der Waals surface area contributed by atoms with Gasteiger partial charge in [0, 0.05) is 0 Å². The molecule has 2 aliphatic carbocycles. The van der Waals surface area contributed by atoms with Crippen molar-refractivity contribution in [3.63, 3.8) is 0 Å². The number of ether oxygens (including phenoxy) is 2. The minimum absolute atomic E-state index is 0. The fraction of sp³-hybridized carbons (Fsp3) is 0.317. The molecule has 4 aromatic rings. The fourth-order valence-corrected chi connectivity index (χ4v) is 18.6. The van der Waals surface area contributed by atoms with Gasteiger partial charge in [-0.15, -0.1) is 0 Å². The van der Waals surface area contributed by atoms with Crippen LogP contribution in [0.4, 0.5) is 0 Å². The molecule has 7 rings (SSSR count). The van der Waals surface area contributed by atoms with Crippen molar-refractivity contribution in [3.8, 4) is 33.8 Å². The van der Waals surface area contributed by atoms with E-state index in [2.05, 4.69) is 111 Å². The van der Waals surface area contributed by atoms with Crippen molar-refractivity contribution in [3.05, 3.63) is 118 Å². The van der Waals surface area contributed by atoms with Crippen LogP contribution in [0.25, 0.3) is 34.4 Å². The number of rotatable bonds is 10. The third kappa shape index (κ3) is 5.81. The van der Waals surface area contributed by atoms with Gasteiger partial charge in [0.1, 0.15) is 0 Å². The van der Waals surface area contributed by atoms with Crippen LogP contribution in [0.2, 0.25) is 9.45 Å². The first-order chi connectivity index (χ1) is 21.6. The van der Waals surface area contributed by atoms with Crippen LogP contribution in [0.3, 0.4) is 0 Å². The summed E-state index contributed by atoms with van der Waals surface area (Å²) in [5.74, 6) is 1.82. The van der Waals surface area contributed by atoms with Crippen LogP contribution in [-0.2, 0) is 16.6 Å². The van der Waals surface area contributed by atoms with E-state index in [9.17, 15) is 0 Å². The maximum absolute atomic E-state index is 5.48. The molecule has 0 bridgehead atoms. The zero-order chi connectivity index (χ0) is 30.3. The molecule has 2 unspecified atom stereocenters. The second-order valence-corrected chi connectivity index (χ2v) is 20.2. The summed E-state index contributed by atoms with van der Waals surface area (Å²) in [5.41, 5.74) is 15.0. The molecule has 0 amide bonds. The topological polar surface area (TPSA) is 18.5 Å². The number of methoxy groups -OCH3 is 2. The van der Waals surface area contributed by atoms with Crippen LogP contribution < -0.4 is 34.3 Å². The van der Waals surface area contributed by atoms with Crippen LogP contribution in [0, 0.1) is 0 Å². The van der Waals surface area contributed by atoms with Crippen LogP contribution in [0.1, 0.15) is 76.7 Å². The quantitative estimate of drug-likeness (QED) is 0.202. The Labute approximate surface area is 291 Å². The number of benzene rings is 4. The van der Waals surface area contributed by atoms with Crippen molar-refractivity contribution in [1.82, 2.24) is 0 Å². The molecule has 0 spiro atoms. The number of hydrogen-bond acceptors (Lipinski definition) is 2. The molecule has 1 heterocycles. The maximum atomic E-state index is 5.48. The van der Waals surface area contributed by atoms with Gasteiger partial charge < -0.3 is 24.8 Å². The molecule has 2 nitrogen and oxygen atoms in total. The molecule has 1 aliphatic heterocycles. The van der Waals surface area contributed by atoms with Gasteiger partial charge in [0.2, 0.25) is 0 Å². The second kappa shape index (κ2) is 14.6. The van der Waals surface area contributed by atoms with Gasteiger partial charge in [-0.2, -0.15) is 0 Å². The van der Waals surface area contributed by atoms with Gasteiger partial charge >= 0.3 is 268 Å². The van der Waals surface area contributed by atoms with E-state index >= 15 is 0 Å². The number of halogens is 2. The smallest absolute Gasteiger partial charge is 1.00 e. The first-order valence-corrected chi connectivity index (χ1v) is 20.6. The largest absolute Gasteiger partial charge is 1.00 e. The van der Waals surface area contributed by atoms with Gasteiger partial charge in [-0.05, 0) is 0 Å². The summed E-state index contributed by atoms with van der Waals surface area (Å²) < 4.78 is 15.2. The Bertz CT molecular complexity index is 1610. The average Bonchev–Trinajstić information content (AvgIpc) is 3.60. The zero-order valence-electron chi connectivity index (χ0n) is 27.4. The second-order valence-electron chi connectivity index (χ2n) is 13.0. The fourth-order valence-electron chi connectivity index (χ4n) is 8.67. The molecular formula is C41H44Cl2O2Ti. The minimum Gasteiger partial charge on any atom is -1.00 e. The van der Waals surface area contributed by atoms with Crippen molar-refractivity contribution in [1.29, 1.82) is 0 Å². The van der Waals surface area contributed by atoms with Gasteiger partial charge in [-0.1, -0.05) is 0 Å². The molecule has 1 fully saturated rings. The van der Waals surface area contributed by atoms with Crippen molar-refractivity contribution in [2.24, 2.45) is 0 Å². The zero-order valence-corrected chi connectivity index (χ0v) is 30.5. The molecule has 4 aromatic carbocycles. The summed E-state index contributed by atoms with van der Waals surface area (Å²) in [5, 5.41) is 0. The first kappa shape index (κ1) is 34.6. The molecule has 46 heavy (non-hydrogen) atoms. The Kier molecular flexibility index (Phi) is 11.0. The van der Waals surface area contributed by atoms with E-state index in [-0.39, 0.29) is 24.8 Å². The summed E-state index contributed by atoms with van der Waals surface area (Å²) in [6, 6.07) is 31.6. The van der Waals surface area contributed by atoms with Crippen LogP contribution in [0.5, 0.6) is 11.5 Å². The van der Waals surface area contributed by atoms with E-state index in [1.165, 1.54) is 74.9 Å². The van der Waals surface area contributed by atoms with E-state index in [4.69, 9.17) is 9.47 Å². The summed E-state index contributed by atoms with van der Waals surface area (Å²) in [7, 11) is 3.48. The van der Waals surface area contributed by atoms with E-state index in [1.807, 2.05) is 0 Å². The van der Waals surface area contributed by atoms with Crippen LogP contribution >= 0.6 is 0 Å². The summed E-state index contributed by atoms with van der Waals surface area (Å²) >= 11 is -2.55. The third-order valence-electron chi connectivity index (χ3n) is 10.6. The molecule has 3 aliphatic rings. The molecule has 0 N–H and O–H groups in total. The van der Waals surface area contributed by atoms with E-state index in [1.54, 1.807) is 36.5 Å². The maximum Gasteiger partial charge on any atom is -1.00 e. The first-order valence-electron chi connectivity index (χ1n) is 16.6. The Hall–Kier alpha value is -2.75. The molecule has 0 aromatic heterocycles. The van der Waals surface area contributed by atoms with Crippen LogP contribution in [-0.4, -0.2) is 14.2 Å². The van der Waals surface area contributed by atoms with Gasteiger partial charge in [-0.25, -0.2) is 0 Å². The Morgan fingerprint density at radius 3 is 1.33 bits per heavy atom. The molecule has 238 valence electrons. The molecule has 1 saturated heterocycles. The predicted octanol–water partition coefficient (Wildman–Crippen LogP) is 5.62. The summed E-state index contributed by atoms with van der Waals surface area (Å²) in [6.45, 7) is 4.72. The summed E-state index contributed by atoms with van der Waals surface area (Å²) in [6.07, 6.45) is 11.5. The molecular weight excluding hydrogens is 643 g/mol. The molecule has 0 saturated carbocycles.